The van der Waals surface area contributed by atoms with Crippen molar-refractivity contribution in [2.45, 2.75) is 27.2 Å². The molecule has 0 radical (unpaired) electrons. The van der Waals surface area contributed by atoms with Crippen LogP contribution in [0.4, 0.5) is 5.82 Å². The molecule has 2 N–H and O–H groups in total. The number of nitrogens with two attached hydrogens (primary N) is 1. The molecule has 0 bridgehead atoms. The number of nitrogens with zero attached hydrogens (tertiary/aromatic N) is 2. The molecule has 0 aliphatic carbocycles. The average Bonchev–Trinajstić information content (AvgIpc) is 2.59. The number of nitrogen functional groups attached to an aromatic ring is 1. The van der Waals surface area contributed by atoms with Gasteiger partial charge in [-0.15, -0.1) is 0 Å². The summed E-state index contributed by atoms with van der Waals surface area (Å²) < 4.78 is 1.72. The molecule has 1 aromatic carbocycles. The van der Waals surface area contributed by atoms with Crippen LogP contribution in [0.2, 0.25) is 5.02 Å². The Morgan fingerprint density at radius 3 is 2.53 bits per heavy atom. The molecule has 0 amide bonds. The fraction of sp³-hybridized carbons (Fsp3) is 0.308. The van der Waals surface area contributed by atoms with Crippen LogP contribution in [0.25, 0.3) is 5.69 Å². The maximum absolute atomic E-state index is 6.28. The molecular formula is C13H16ClN3. The molecule has 2 aromatic rings. The monoisotopic (exact) mass is 249 g/mol. The number of benzene rings is 1. The lowest BCUT2D eigenvalue weighted by molar-refractivity contribution is 0.843. The third kappa shape index (κ3) is 2.15. The summed E-state index contributed by atoms with van der Waals surface area (Å²) in [6.07, 6.45) is 0.861. The molecule has 0 saturated carbocycles. The van der Waals surface area contributed by atoms with Crippen LogP contribution < -0.4 is 5.73 Å². The lowest BCUT2D eigenvalue weighted by atomic mass is 10.1. The van der Waals surface area contributed by atoms with Gasteiger partial charge < -0.3 is 5.73 Å². The van der Waals surface area contributed by atoms with Gasteiger partial charge in [-0.05, 0) is 37.5 Å². The first-order chi connectivity index (χ1) is 8.02. The average molecular weight is 250 g/mol. The summed E-state index contributed by atoms with van der Waals surface area (Å²) in [6, 6.07) is 5.89. The van der Waals surface area contributed by atoms with E-state index in [9.17, 15) is 0 Å². The van der Waals surface area contributed by atoms with E-state index in [-0.39, 0.29) is 0 Å². The van der Waals surface area contributed by atoms with Gasteiger partial charge in [0.2, 0.25) is 0 Å². The minimum absolute atomic E-state index is 0.621. The Bertz CT molecular complexity index is 535. The van der Waals surface area contributed by atoms with Crippen LogP contribution in [0.3, 0.4) is 0 Å². The first-order valence-electron chi connectivity index (χ1n) is 5.64. The van der Waals surface area contributed by atoms with Gasteiger partial charge in [0.05, 0.1) is 16.4 Å². The van der Waals surface area contributed by atoms with Crippen LogP contribution in [0.5, 0.6) is 0 Å². The van der Waals surface area contributed by atoms with E-state index in [1.807, 2.05) is 26.0 Å². The molecule has 3 nitrogen and oxygen atoms in total. The van der Waals surface area contributed by atoms with Crippen molar-refractivity contribution in [2.24, 2.45) is 0 Å². The number of hydrogen-bond acceptors (Lipinski definition) is 2. The van der Waals surface area contributed by atoms with E-state index in [1.54, 1.807) is 4.68 Å². The summed E-state index contributed by atoms with van der Waals surface area (Å²) >= 11 is 6.28. The first-order valence-corrected chi connectivity index (χ1v) is 6.02. The second-order valence-corrected chi connectivity index (χ2v) is 4.65. The molecule has 17 heavy (non-hydrogen) atoms. The van der Waals surface area contributed by atoms with Gasteiger partial charge >= 0.3 is 0 Å². The second kappa shape index (κ2) is 4.41. The summed E-state index contributed by atoms with van der Waals surface area (Å²) in [6.45, 7) is 6.09. The molecular weight excluding hydrogens is 234 g/mol. The highest BCUT2D eigenvalue weighted by Crippen LogP contribution is 2.27. The van der Waals surface area contributed by atoms with Crippen molar-refractivity contribution in [3.8, 4) is 5.69 Å². The summed E-state index contributed by atoms with van der Waals surface area (Å²) in [7, 11) is 0. The Kier molecular flexibility index (Phi) is 3.11. The van der Waals surface area contributed by atoms with Crippen molar-refractivity contribution in [3.05, 3.63) is 40.0 Å². The van der Waals surface area contributed by atoms with E-state index < -0.39 is 0 Å². The van der Waals surface area contributed by atoms with Gasteiger partial charge in [0, 0.05) is 6.07 Å². The molecule has 90 valence electrons. The topological polar surface area (TPSA) is 43.8 Å². The number of hydrogen-bond donors (Lipinski definition) is 1. The van der Waals surface area contributed by atoms with E-state index in [0.29, 0.717) is 10.8 Å². The van der Waals surface area contributed by atoms with Crippen molar-refractivity contribution in [2.75, 3.05) is 5.73 Å². The third-order valence-electron chi connectivity index (χ3n) is 2.76. The van der Waals surface area contributed by atoms with Crippen LogP contribution in [0, 0.1) is 13.8 Å². The van der Waals surface area contributed by atoms with Crippen LogP contribution in [0.1, 0.15) is 23.7 Å². The number of rotatable bonds is 2. The number of aromatic nitrogens is 2. The van der Waals surface area contributed by atoms with Gasteiger partial charge in [0.25, 0.3) is 0 Å². The molecule has 0 saturated heterocycles. The van der Waals surface area contributed by atoms with E-state index >= 15 is 0 Å². The van der Waals surface area contributed by atoms with Gasteiger partial charge in [-0.3, -0.25) is 0 Å². The Hall–Kier alpha value is -1.48. The molecule has 0 aliphatic heterocycles. The largest absolute Gasteiger partial charge is 0.384 e. The van der Waals surface area contributed by atoms with Crippen molar-refractivity contribution in [1.82, 2.24) is 9.78 Å². The van der Waals surface area contributed by atoms with Crippen LogP contribution >= 0.6 is 11.6 Å². The molecule has 4 heteroatoms. The van der Waals surface area contributed by atoms with Gasteiger partial charge in [-0.25, -0.2) is 4.68 Å². The summed E-state index contributed by atoms with van der Waals surface area (Å²) in [5.41, 5.74) is 10.0. The Balaban J connectivity index is 2.63. The Morgan fingerprint density at radius 2 is 2.00 bits per heavy atom. The van der Waals surface area contributed by atoms with Crippen molar-refractivity contribution in [1.29, 1.82) is 0 Å². The molecule has 1 aromatic heterocycles. The zero-order chi connectivity index (χ0) is 12.6. The SMILES string of the molecule is CCc1cc(N)n(-c2c(C)cc(C)cc2Cl)n1. The quantitative estimate of drug-likeness (QED) is 0.888. The van der Waals surface area contributed by atoms with Crippen molar-refractivity contribution in [3.63, 3.8) is 0 Å². The van der Waals surface area contributed by atoms with Gasteiger partial charge in [-0.1, -0.05) is 24.6 Å². The molecule has 2 rings (SSSR count). The number of halogens is 1. The van der Waals surface area contributed by atoms with E-state index in [0.717, 1.165) is 28.9 Å². The van der Waals surface area contributed by atoms with E-state index in [4.69, 9.17) is 17.3 Å². The fourth-order valence-corrected chi connectivity index (χ4v) is 2.38. The summed E-state index contributed by atoms with van der Waals surface area (Å²) in [5, 5.41) is 5.14. The highest BCUT2D eigenvalue weighted by molar-refractivity contribution is 6.32. The van der Waals surface area contributed by atoms with E-state index in [1.165, 1.54) is 0 Å². The molecule has 0 fully saturated rings. The minimum atomic E-state index is 0.621. The zero-order valence-corrected chi connectivity index (χ0v) is 11.0. The standard InChI is InChI=1S/C13H16ClN3/c1-4-10-7-12(15)17(16-10)13-9(3)5-8(2)6-11(13)14/h5-7H,4,15H2,1-3H3. The molecule has 0 spiro atoms. The number of aryl methyl sites for hydroxylation is 3. The second-order valence-electron chi connectivity index (χ2n) is 4.24. The molecule has 1 heterocycles. The fourth-order valence-electron chi connectivity index (χ4n) is 1.98. The van der Waals surface area contributed by atoms with Gasteiger partial charge in [-0.2, -0.15) is 5.10 Å². The lowest BCUT2D eigenvalue weighted by Gasteiger charge is -2.11. The predicted octanol–water partition coefficient (Wildman–Crippen LogP) is 3.29. The van der Waals surface area contributed by atoms with Crippen LogP contribution in [0.15, 0.2) is 18.2 Å². The van der Waals surface area contributed by atoms with Crippen LogP contribution in [-0.2, 0) is 6.42 Å². The maximum atomic E-state index is 6.28. The van der Waals surface area contributed by atoms with Gasteiger partial charge in [0.1, 0.15) is 5.82 Å². The van der Waals surface area contributed by atoms with Crippen LogP contribution in [-0.4, -0.2) is 9.78 Å². The maximum Gasteiger partial charge on any atom is 0.127 e. The number of anilines is 1. The Labute approximate surface area is 106 Å². The normalized spacial score (nSPS) is 10.8. The summed E-state index contributed by atoms with van der Waals surface area (Å²) in [4.78, 5) is 0. The van der Waals surface area contributed by atoms with Crippen molar-refractivity contribution < 1.29 is 0 Å². The minimum Gasteiger partial charge on any atom is -0.384 e. The highest BCUT2D eigenvalue weighted by Gasteiger charge is 2.12. The smallest absolute Gasteiger partial charge is 0.127 e. The van der Waals surface area contributed by atoms with Crippen molar-refractivity contribution >= 4 is 17.4 Å². The van der Waals surface area contributed by atoms with Gasteiger partial charge in [0.15, 0.2) is 0 Å². The molecule has 0 aliphatic rings. The zero-order valence-electron chi connectivity index (χ0n) is 10.3. The first kappa shape index (κ1) is 12.0. The highest BCUT2D eigenvalue weighted by atomic mass is 35.5. The predicted molar refractivity (Wildman–Crippen MR) is 71.8 cm³/mol. The van der Waals surface area contributed by atoms with E-state index in [2.05, 4.69) is 18.1 Å². The molecule has 0 atom stereocenters. The Morgan fingerprint density at radius 1 is 1.29 bits per heavy atom. The molecule has 0 unspecified atom stereocenters. The summed E-state index contributed by atoms with van der Waals surface area (Å²) in [5.74, 6) is 0.621. The third-order valence-corrected chi connectivity index (χ3v) is 3.05. The lowest BCUT2D eigenvalue weighted by Crippen LogP contribution is -2.05.